The van der Waals surface area contributed by atoms with Crippen molar-refractivity contribution in [3.8, 4) is 0 Å². The standard InChI is InChI=1S/C18H21N2O3P/c1-23-24(21,22)19-10-11-20-17-9-5-3-7-15(17)12-14-6-2-4-8-16(14)18(20)13-19/h2-9,18H,10-13H2,1H3,(H,21,22). The molecule has 1 fully saturated rings. The minimum atomic E-state index is -3.72. The van der Waals surface area contributed by atoms with Crippen molar-refractivity contribution in [2.45, 2.75) is 12.5 Å². The summed E-state index contributed by atoms with van der Waals surface area (Å²) in [5.41, 5.74) is 5.04. The fourth-order valence-corrected chi connectivity index (χ4v) is 4.77. The van der Waals surface area contributed by atoms with Crippen molar-refractivity contribution in [3.63, 3.8) is 0 Å². The van der Waals surface area contributed by atoms with Crippen LogP contribution in [0, 0.1) is 0 Å². The first-order valence-corrected chi connectivity index (χ1v) is 9.69. The summed E-state index contributed by atoms with van der Waals surface area (Å²) < 4.78 is 18.7. The van der Waals surface area contributed by atoms with Crippen LogP contribution in [0.1, 0.15) is 22.7 Å². The number of hydrogen-bond acceptors (Lipinski definition) is 3. The molecule has 1 N–H and O–H groups in total. The zero-order valence-corrected chi connectivity index (χ0v) is 14.5. The molecule has 2 unspecified atom stereocenters. The third-order valence-corrected chi connectivity index (χ3v) is 6.60. The summed E-state index contributed by atoms with van der Waals surface area (Å²) >= 11 is 0. The third-order valence-electron chi connectivity index (χ3n) is 5.05. The first-order valence-electron chi connectivity index (χ1n) is 8.16. The SMILES string of the molecule is COP(=O)(O)N1CCN2c3ccccc3Cc3ccccc3C2C1. The van der Waals surface area contributed by atoms with E-state index in [2.05, 4.69) is 47.4 Å². The highest BCUT2D eigenvalue weighted by Gasteiger charge is 2.39. The monoisotopic (exact) mass is 344 g/mol. The maximum atomic E-state index is 12.3. The van der Waals surface area contributed by atoms with Crippen molar-refractivity contribution in [1.82, 2.24) is 4.67 Å². The van der Waals surface area contributed by atoms with Crippen LogP contribution in [0.4, 0.5) is 5.69 Å². The van der Waals surface area contributed by atoms with Crippen molar-refractivity contribution >= 4 is 13.4 Å². The van der Waals surface area contributed by atoms with Gasteiger partial charge in [0.05, 0.1) is 6.04 Å². The topological polar surface area (TPSA) is 53.0 Å². The molecular weight excluding hydrogens is 323 g/mol. The summed E-state index contributed by atoms with van der Waals surface area (Å²) in [5.74, 6) is 0. The molecule has 2 heterocycles. The molecule has 2 atom stereocenters. The Morgan fingerprint density at radius 3 is 2.58 bits per heavy atom. The lowest BCUT2D eigenvalue weighted by Crippen LogP contribution is -2.47. The number of rotatable bonds is 2. The normalized spacial score (nSPS) is 22.8. The Kier molecular flexibility index (Phi) is 3.97. The quantitative estimate of drug-likeness (QED) is 0.848. The maximum absolute atomic E-state index is 12.3. The van der Waals surface area contributed by atoms with E-state index in [1.54, 1.807) is 4.67 Å². The van der Waals surface area contributed by atoms with Crippen LogP contribution in [0.3, 0.4) is 0 Å². The van der Waals surface area contributed by atoms with E-state index in [0.29, 0.717) is 19.6 Å². The number of para-hydroxylation sites is 1. The second kappa shape index (κ2) is 6.01. The smallest absolute Gasteiger partial charge is 0.362 e. The number of piperazine rings is 1. The molecule has 4 rings (SSSR count). The van der Waals surface area contributed by atoms with Gasteiger partial charge in [0.1, 0.15) is 0 Å². The van der Waals surface area contributed by atoms with Gasteiger partial charge in [-0.05, 0) is 29.2 Å². The van der Waals surface area contributed by atoms with E-state index in [9.17, 15) is 9.46 Å². The summed E-state index contributed by atoms with van der Waals surface area (Å²) in [5, 5.41) is 0. The van der Waals surface area contributed by atoms with Crippen LogP contribution in [-0.2, 0) is 15.5 Å². The van der Waals surface area contributed by atoms with Crippen LogP contribution in [0.25, 0.3) is 0 Å². The van der Waals surface area contributed by atoms with Crippen LogP contribution >= 0.6 is 7.75 Å². The first-order chi connectivity index (χ1) is 11.6. The molecule has 126 valence electrons. The highest BCUT2D eigenvalue weighted by Crippen LogP contribution is 2.49. The highest BCUT2D eigenvalue weighted by atomic mass is 31.2. The highest BCUT2D eigenvalue weighted by molar-refractivity contribution is 7.50. The van der Waals surface area contributed by atoms with Gasteiger partial charge in [-0.3, -0.25) is 0 Å². The minimum Gasteiger partial charge on any atom is -0.362 e. The predicted octanol–water partition coefficient (Wildman–Crippen LogP) is 3.20. The molecule has 0 bridgehead atoms. The molecule has 2 aliphatic rings. The third kappa shape index (κ3) is 2.58. The van der Waals surface area contributed by atoms with Crippen molar-refractivity contribution in [2.75, 3.05) is 31.6 Å². The Hall–Kier alpha value is -1.65. The summed E-state index contributed by atoms with van der Waals surface area (Å²) in [4.78, 5) is 12.5. The van der Waals surface area contributed by atoms with Crippen LogP contribution in [0.15, 0.2) is 48.5 Å². The zero-order chi connectivity index (χ0) is 16.7. The van der Waals surface area contributed by atoms with Gasteiger partial charge in [0.15, 0.2) is 0 Å². The van der Waals surface area contributed by atoms with Gasteiger partial charge >= 0.3 is 7.75 Å². The molecule has 0 amide bonds. The van der Waals surface area contributed by atoms with E-state index in [-0.39, 0.29) is 6.04 Å². The average molecular weight is 344 g/mol. The second-order valence-corrected chi connectivity index (χ2v) is 8.21. The van der Waals surface area contributed by atoms with Crippen molar-refractivity contribution in [2.24, 2.45) is 0 Å². The van der Waals surface area contributed by atoms with E-state index in [0.717, 1.165) is 6.42 Å². The van der Waals surface area contributed by atoms with E-state index in [1.807, 2.05) is 6.07 Å². The Morgan fingerprint density at radius 1 is 1.08 bits per heavy atom. The van der Waals surface area contributed by atoms with Crippen LogP contribution in [-0.4, -0.2) is 36.3 Å². The molecule has 0 saturated carbocycles. The van der Waals surface area contributed by atoms with Crippen LogP contribution in [0.5, 0.6) is 0 Å². The van der Waals surface area contributed by atoms with Gasteiger partial charge in [0.2, 0.25) is 0 Å². The van der Waals surface area contributed by atoms with Crippen LogP contribution in [0.2, 0.25) is 0 Å². The Balaban J connectivity index is 1.81. The van der Waals surface area contributed by atoms with E-state index in [1.165, 1.54) is 29.5 Å². The molecule has 2 aromatic rings. The molecular formula is C18H21N2O3P. The molecule has 2 aromatic carbocycles. The van der Waals surface area contributed by atoms with Gasteiger partial charge in [0, 0.05) is 32.4 Å². The largest absolute Gasteiger partial charge is 0.405 e. The molecule has 1 saturated heterocycles. The lowest BCUT2D eigenvalue weighted by molar-refractivity contribution is 0.215. The average Bonchev–Trinajstić information content (AvgIpc) is 2.76. The second-order valence-electron chi connectivity index (χ2n) is 6.30. The summed E-state index contributed by atoms with van der Waals surface area (Å²) in [7, 11) is -2.42. The molecule has 0 radical (unpaired) electrons. The molecule has 0 aromatic heterocycles. The Morgan fingerprint density at radius 2 is 1.79 bits per heavy atom. The molecule has 0 aliphatic carbocycles. The predicted molar refractivity (Wildman–Crippen MR) is 94.2 cm³/mol. The van der Waals surface area contributed by atoms with Gasteiger partial charge in [-0.1, -0.05) is 42.5 Å². The van der Waals surface area contributed by atoms with Crippen molar-refractivity contribution < 1.29 is 14.0 Å². The van der Waals surface area contributed by atoms with Gasteiger partial charge in [-0.25, -0.2) is 9.24 Å². The fourth-order valence-electron chi connectivity index (χ4n) is 3.83. The van der Waals surface area contributed by atoms with Crippen LogP contribution < -0.4 is 4.90 Å². The van der Waals surface area contributed by atoms with E-state index in [4.69, 9.17) is 4.52 Å². The number of benzene rings is 2. The number of anilines is 1. The zero-order valence-electron chi connectivity index (χ0n) is 13.6. The molecule has 5 nitrogen and oxygen atoms in total. The Bertz CT molecular complexity index is 810. The van der Waals surface area contributed by atoms with E-state index >= 15 is 0 Å². The van der Waals surface area contributed by atoms with Crippen molar-refractivity contribution in [1.29, 1.82) is 0 Å². The van der Waals surface area contributed by atoms with Gasteiger partial charge < -0.3 is 14.3 Å². The number of nitrogens with zero attached hydrogens (tertiary/aromatic N) is 2. The number of hydrogen-bond donors (Lipinski definition) is 1. The van der Waals surface area contributed by atoms with Gasteiger partial charge in [0.25, 0.3) is 0 Å². The molecule has 6 heteroatoms. The van der Waals surface area contributed by atoms with Gasteiger partial charge in [-0.15, -0.1) is 0 Å². The Labute approximate surface area is 142 Å². The molecule has 2 aliphatic heterocycles. The summed E-state index contributed by atoms with van der Waals surface area (Å²) in [6.07, 6.45) is 0.889. The number of fused-ring (bicyclic) bond motifs is 5. The lowest BCUT2D eigenvalue weighted by Gasteiger charge is -2.43. The fraction of sp³-hybridized carbons (Fsp3) is 0.333. The molecule has 24 heavy (non-hydrogen) atoms. The van der Waals surface area contributed by atoms with Crippen molar-refractivity contribution in [3.05, 3.63) is 65.2 Å². The van der Waals surface area contributed by atoms with E-state index < -0.39 is 7.75 Å². The lowest BCUT2D eigenvalue weighted by atomic mass is 9.96. The summed E-state index contributed by atoms with van der Waals surface area (Å²) in [6.45, 7) is 1.69. The minimum absolute atomic E-state index is 0.0502. The maximum Gasteiger partial charge on any atom is 0.405 e. The summed E-state index contributed by atoms with van der Waals surface area (Å²) in [6, 6.07) is 16.9. The van der Waals surface area contributed by atoms with Gasteiger partial charge in [-0.2, -0.15) is 0 Å². The first kappa shape index (κ1) is 15.9. The molecule has 0 spiro atoms.